The maximum Gasteiger partial charge on any atom is 0.0807 e. The van der Waals surface area contributed by atoms with E-state index in [9.17, 15) is 5.11 Å². The summed E-state index contributed by atoms with van der Waals surface area (Å²) in [7, 11) is 0. The molecule has 0 spiro atoms. The highest BCUT2D eigenvalue weighted by Crippen LogP contribution is 2.39. The molecule has 2 nitrogen and oxygen atoms in total. The molecule has 2 rings (SSSR count). The zero-order valence-electron chi connectivity index (χ0n) is 7.91. The number of aliphatic hydroxyl groups is 1. The third-order valence-electron chi connectivity index (χ3n) is 2.64. The van der Waals surface area contributed by atoms with E-state index in [0.717, 1.165) is 12.0 Å². The average Bonchev–Trinajstić information content (AvgIpc) is 2.87. The number of halogens is 1. The van der Waals surface area contributed by atoms with Crippen LogP contribution in [0.2, 0.25) is 5.02 Å². The number of aliphatic hydroxyl groups excluding tert-OH is 1. The maximum atomic E-state index is 9.88. The van der Waals surface area contributed by atoms with E-state index in [0.29, 0.717) is 16.6 Å². The Labute approximate surface area is 88.7 Å². The summed E-state index contributed by atoms with van der Waals surface area (Å²) in [6.07, 6.45) is 2.87. The minimum atomic E-state index is -0.435. The van der Waals surface area contributed by atoms with Crippen LogP contribution in [0.1, 0.15) is 30.9 Å². The van der Waals surface area contributed by atoms with Gasteiger partial charge in [-0.25, -0.2) is 0 Å². The Morgan fingerprint density at radius 1 is 1.50 bits per heavy atom. The molecule has 0 radical (unpaired) electrons. The van der Waals surface area contributed by atoms with E-state index in [1.54, 1.807) is 12.1 Å². The Morgan fingerprint density at radius 3 is 2.79 bits per heavy atom. The van der Waals surface area contributed by atoms with Crippen LogP contribution >= 0.6 is 11.6 Å². The van der Waals surface area contributed by atoms with Crippen LogP contribution in [0.15, 0.2) is 18.2 Å². The van der Waals surface area contributed by atoms with Gasteiger partial charge in [0.1, 0.15) is 0 Å². The van der Waals surface area contributed by atoms with Crippen molar-refractivity contribution in [3.63, 3.8) is 0 Å². The largest absolute Gasteiger partial charge is 0.399 e. The molecular formula is C11H14ClNO. The summed E-state index contributed by atoms with van der Waals surface area (Å²) in [6, 6.07) is 5.27. The van der Waals surface area contributed by atoms with Gasteiger partial charge >= 0.3 is 0 Å². The fraction of sp³-hybridized carbons (Fsp3) is 0.455. The molecule has 0 saturated heterocycles. The lowest BCUT2D eigenvalue weighted by Crippen LogP contribution is -2.00. The average molecular weight is 212 g/mol. The molecule has 0 heterocycles. The maximum absolute atomic E-state index is 9.88. The van der Waals surface area contributed by atoms with Crippen molar-refractivity contribution in [1.82, 2.24) is 0 Å². The molecule has 0 bridgehead atoms. The van der Waals surface area contributed by atoms with Gasteiger partial charge in [-0.15, -0.1) is 0 Å². The molecular weight excluding hydrogens is 198 g/mol. The molecule has 1 aromatic carbocycles. The fourth-order valence-electron chi connectivity index (χ4n) is 1.61. The topological polar surface area (TPSA) is 46.2 Å². The number of hydrogen-bond donors (Lipinski definition) is 2. The molecule has 0 amide bonds. The van der Waals surface area contributed by atoms with Gasteiger partial charge in [0.2, 0.25) is 0 Å². The van der Waals surface area contributed by atoms with Gasteiger partial charge in [0.25, 0.3) is 0 Å². The molecule has 14 heavy (non-hydrogen) atoms. The molecule has 1 aliphatic rings. The number of benzene rings is 1. The SMILES string of the molecule is Nc1ccc(C(O)CC2CC2)c(Cl)c1. The van der Waals surface area contributed by atoms with Crippen LogP contribution in [0.25, 0.3) is 0 Å². The first-order chi connectivity index (χ1) is 6.66. The van der Waals surface area contributed by atoms with Gasteiger partial charge in [-0.2, -0.15) is 0 Å². The van der Waals surface area contributed by atoms with E-state index >= 15 is 0 Å². The molecule has 1 unspecified atom stereocenters. The molecule has 0 aliphatic heterocycles. The van der Waals surface area contributed by atoms with E-state index < -0.39 is 6.10 Å². The quantitative estimate of drug-likeness (QED) is 0.756. The molecule has 1 atom stereocenters. The molecule has 3 N–H and O–H groups in total. The van der Waals surface area contributed by atoms with E-state index in [4.69, 9.17) is 17.3 Å². The fourth-order valence-corrected chi connectivity index (χ4v) is 1.92. The molecule has 1 aliphatic carbocycles. The van der Waals surface area contributed by atoms with E-state index in [2.05, 4.69) is 0 Å². The van der Waals surface area contributed by atoms with Crippen molar-refractivity contribution >= 4 is 17.3 Å². The van der Waals surface area contributed by atoms with Gasteiger partial charge in [0, 0.05) is 10.7 Å². The number of anilines is 1. The smallest absolute Gasteiger partial charge is 0.0807 e. The first kappa shape index (κ1) is 9.81. The summed E-state index contributed by atoms with van der Waals surface area (Å²) in [5.41, 5.74) is 7.01. The minimum Gasteiger partial charge on any atom is -0.399 e. The lowest BCUT2D eigenvalue weighted by Gasteiger charge is -2.12. The van der Waals surface area contributed by atoms with Gasteiger partial charge in [0.05, 0.1) is 6.10 Å². The Hall–Kier alpha value is -0.730. The molecule has 76 valence electrons. The first-order valence-corrected chi connectivity index (χ1v) is 5.27. The Morgan fingerprint density at radius 2 is 2.21 bits per heavy atom. The van der Waals surface area contributed by atoms with Crippen molar-refractivity contribution in [3.8, 4) is 0 Å². The van der Waals surface area contributed by atoms with Crippen LogP contribution in [0, 0.1) is 5.92 Å². The van der Waals surface area contributed by atoms with Crippen molar-refractivity contribution < 1.29 is 5.11 Å². The lowest BCUT2D eigenvalue weighted by atomic mass is 10.0. The monoisotopic (exact) mass is 211 g/mol. The second-order valence-electron chi connectivity index (χ2n) is 3.98. The Balaban J connectivity index is 2.13. The highest BCUT2D eigenvalue weighted by molar-refractivity contribution is 6.31. The highest BCUT2D eigenvalue weighted by atomic mass is 35.5. The van der Waals surface area contributed by atoms with Crippen molar-refractivity contribution in [3.05, 3.63) is 28.8 Å². The second-order valence-corrected chi connectivity index (χ2v) is 4.38. The molecule has 1 saturated carbocycles. The van der Waals surface area contributed by atoms with Crippen LogP contribution in [-0.2, 0) is 0 Å². The van der Waals surface area contributed by atoms with Crippen molar-refractivity contribution in [1.29, 1.82) is 0 Å². The lowest BCUT2D eigenvalue weighted by molar-refractivity contribution is 0.160. The van der Waals surface area contributed by atoms with Gasteiger partial charge in [-0.05, 0) is 30.0 Å². The van der Waals surface area contributed by atoms with Gasteiger partial charge < -0.3 is 10.8 Å². The third kappa shape index (κ3) is 2.20. The zero-order valence-corrected chi connectivity index (χ0v) is 8.67. The van der Waals surface area contributed by atoms with Crippen LogP contribution in [-0.4, -0.2) is 5.11 Å². The summed E-state index contributed by atoms with van der Waals surface area (Å²) in [6.45, 7) is 0. The molecule has 3 heteroatoms. The number of nitrogens with two attached hydrogens (primary N) is 1. The molecule has 1 fully saturated rings. The predicted molar refractivity (Wildman–Crippen MR) is 58.2 cm³/mol. The van der Waals surface area contributed by atoms with Crippen molar-refractivity contribution in [2.24, 2.45) is 5.92 Å². The summed E-state index contributed by atoms with van der Waals surface area (Å²) < 4.78 is 0. The molecule has 1 aromatic rings. The van der Waals surface area contributed by atoms with Crippen LogP contribution in [0.3, 0.4) is 0 Å². The Bertz CT molecular complexity index is 336. The van der Waals surface area contributed by atoms with E-state index in [-0.39, 0.29) is 0 Å². The van der Waals surface area contributed by atoms with Crippen molar-refractivity contribution in [2.75, 3.05) is 5.73 Å². The normalized spacial score (nSPS) is 18.1. The zero-order chi connectivity index (χ0) is 10.1. The van der Waals surface area contributed by atoms with E-state index in [1.165, 1.54) is 12.8 Å². The minimum absolute atomic E-state index is 0.435. The highest BCUT2D eigenvalue weighted by Gasteiger charge is 2.25. The summed E-state index contributed by atoms with van der Waals surface area (Å²) >= 11 is 5.99. The Kier molecular flexibility index (Phi) is 2.66. The third-order valence-corrected chi connectivity index (χ3v) is 2.96. The molecule has 0 aromatic heterocycles. The number of rotatable bonds is 3. The summed E-state index contributed by atoms with van der Waals surface area (Å²) in [4.78, 5) is 0. The summed E-state index contributed by atoms with van der Waals surface area (Å²) in [5, 5.41) is 10.4. The second kappa shape index (κ2) is 3.79. The van der Waals surface area contributed by atoms with Gasteiger partial charge in [-0.3, -0.25) is 0 Å². The van der Waals surface area contributed by atoms with Crippen LogP contribution in [0.4, 0.5) is 5.69 Å². The standard InChI is InChI=1S/C11H14ClNO/c12-10-6-8(13)3-4-9(10)11(14)5-7-1-2-7/h3-4,6-7,11,14H,1-2,5,13H2. The van der Waals surface area contributed by atoms with Crippen LogP contribution < -0.4 is 5.73 Å². The van der Waals surface area contributed by atoms with Gasteiger partial charge in [0.15, 0.2) is 0 Å². The number of hydrogen-bond acceptors (Lipinski definition) is 2. The van der Waals surface area contributed by atoms with Crippen LogP contribution in [0.5, 0.6) is 0 Å². The predicted octanol–water partition coefficient (Wildman–Crippen LogP) is 2.76. The van der Waals surface area contributed by atoms with Crippen molar-refractivity contribution in [2.45, 2.75) is 25.4 Å². The number of nitrogen functional groups attached to an aromatic ring is 1. The first-order valence-electron chi connectivity index (χ1n) is 4.90. The summed E-state index contributed by atoms with van der Waals surface area (Å²) in [5.74, 6) is 0.693. The van der Waals surface area contributed by atoms with Gasteiger partial charge in [-0.1, -0.05) is 30.5 Å². The van der Waals surface area contributed by atoms with E-state index in [1.807, 2.05) is 6.07 Å².